The van der Waals surface area contributed by atoms with Gasteiger partial charge in [-0.15, -0.1) is 0 Å². The van der Waals surface area contributed by atoms with Crippen molar-refractivity contribution in [2.24, 2.45) is 0 Å². The van der Waals surface area contributed by atoms with Crippen LogP contribution in [0.4, 0.5) is 18.9 Å². The molecule has 24 heavy (non-hydrogen) atoms. The second-order valence-corrected chi connectivity index (χ2v) is 6.36. The number of aryl methyl sites for hydroxylation is 1. The number of carbonyl (C=O) groups is 1. The molecule has 7 heteroatoms. The third-order valence-corrected chi connectivity index (χ3v) is 4.68. The molecule has 1 aromatic carbocycles. The first-order chi connectivity index (χ1) is 11.4. The monoisotopic (exact) mass is 341 g/mol. The van der Waals surface area contributed by atoms with E-state index in [1.54, 1.807) is 6.07 Å². The number of alkyl halides is 3. The standard InChI is InChI=1S/C17H22F3N3O/c18-17(19,20)16(24)23-8-1-2-14-12-13(3-4-15(14)23)5-9-22-10-6-21-7-11-22/h3-4,12,21H,1-2,5-11H2. The minimum atomic E-state index is -4.82. The fourth-order valence-electron chi connectivity index (χ4n) is 3.39. The Morgan fingerprint density at radius 2 is 1.92 bits per heavy atom. The second-order valence-electron chi connectivity index (χ2n) is 6.36. The van der Waals surface area contributed by atoms with Crippen LogP contribution in [-0.2, 0) is 17.6 Å². The third kappa shape index (κ3) is 3.89. The van der Waals surface area contributed by atoms with Gasteiger partial charge in [-0.3, -0.25) is 4.79 Å². The molecule has 1 saturated heterocycles. The molecule has 132 valence electrons. The number of piperazine rings is 1. The molecule has 1 aromatic rings. The topological polar surface area (TPSA) is 35.6 Å². The molecule has 0 bridgehead atoms. The summed E-state index contributed by atoms with van der Waals surface area (Å²) < 4.78 is 38.2. The Morgan fingerprint density at radius 1 is 1.17 bits per heavy atom. The van der Waals surface area contributed by atoms with Crippen molar-refractivity contribution in [2.45, 2.75) is 25.4 Å². The number of amides is 1. The van der Waals surface area contributed by atoms with E-state index in [-0.39, 0.29) is 6.54 Å². The van der Waals surface area contributed by atoms with Crippen LogP contribution >= 0.6 is 0 Å². The summed E-state index contributed by atoms with van der Waals surface area (Å²) in [5.41, 5.74) is 2.37. The Morgan fingerprint density at radius 3 is 2.62 bits per heavy atom. The number of hydrogen-bond donors (Lipinski definition) is 1. The average Bonchev–Trinajstić information content (AvgIpc) is 2.58. The van der Waals surface area contributed by atoms with Gasteiger partial charge in [0.2, 0.25) is 0 Å². The van der Waals surface area contributed by atoms with E-state index < -0.39 is 12.1 Å². The SMILES string of the molecule is O=C(N1CCCc2cc(CCN3CCNCC3)ccc21)C(F)(F)F. The summed E-state index contributed by atoms with van der Waals surface area (Å²) in [5, 5.41) is 3.31. The van der Waals surface area contributed by atoms with Crippen LogP contribution in [0.2, 0.25) is 0 Å². The summed E-state index contributed by atoms with van der Waals surface area (Å²) in [6.07, 6.45) is -2.66. The maximum Gasteiger partial charge on any atom is 0.471 e. The van der Waals surface area contributed by atoms with Crippen molar-refractivity contribution in [1.29, 1.82) is 0 Å². The van der Waals surface area contributed by atoms with Gasteiger partial charge >= 0.3 is 12.1 Å². The van der Waals surface area contributed by atoms with Crippen LogP contribution in [0.25, 0.3) is 0 Å². The molecule has 2 heterocycles. The van der Waals surface area contributed by atoms with Crippen LogP contribution in [0.3, 0.4) is 0 Å². The Hall–Kier alpha value is -1.60. The first-order valence-electron chi connectivity index (χ1n) is 8.39. The quantitative estimate of drug-likeness (QED) is 0.913. The van der Waals surface area contributed by atoms with E-state index in [1.807, 2.05) is 12.1 Å². The van der Waals surface area contributed by atoms with Crippen molar-refractivity contribution in [2.75, 3.05) is 44.2 Å². The van der Waals surface area contributed by atoms with E-state index in [4.69, 9.17) is 0 Å². The van der Waals surface area contributed by atoms with Gasteiger partial charge in [0, 0.05) is 45.0 Å². The number of anilines is 1. The Kier molecular flexibility index (Phi) is 5.10. The second kappa shape index (κ2) is 7.11. The third-order valence-electron chi connectivity index (χ3n) is 4.68. The van der Waals surface area contributed by atoms with Crippen LogP contribution in [0, 0.1) is 0 Å². The van der Waals surface area contributed by atoms with Crippen LogP contribution in [-0.4, -0.2) is 56.3 Å². The van der Waals surface area contributed by atoms with Crippen LogP contribution < -0.4 is 10.2 Å². The Labute approximate surface area is 139 Å². The predicted octanol–water partition coefficient (Wildman–Crippen LogP) is 1.98. The number of fused-ring (bicyclic) bond motifs is 1. The first kappa shape index (κ1) is 17.2. The smallest absolute Gasteiger partial charge is 0.314 e. The van der Waals surface area contributed by atoms with Crippen LogP contribution in [0.15, 0.2) is 18.2 Å². The van der Waals surface area contributed by atoms with E-state index >= 15 is 0 Å². The summed E-state index contributed by atoms with van der Waals surface area (Å²) in [6.45, 7) is 5.13. The molecule has 0 aliphatic carbocycles. The lowest BCUT2D eigenvalue weighted by molar-refractivity contribution is -0.170. The number of halogens is 3. The summed E-state index contributed by atoms with van der Waals surface area (Å²) in [7, 11) is 0. The number of nitrogens with zero attached hydrogens (tertiary/aromatic N) is 2. The highest BCUT2D eigenvalue weighted by molar-refractivity contribution is 5.98. The zero-order valence-electron chi connectivity index (χ0n) is 13.5. The van der Waals surface area contributed by atoms with Crippen molar-refractivity contribution in [1.82, 2.24) is 10.2 Å². The Bertz CT molecular complexity index is 597. The van der Waals surface area contributed by atoms with E-state index in [0.29, 0.717) is 12.1 Å². The lowest BCUT2D eigenvalue weighted by Crippen LogP contribution is -2.44. The molecule has 2 aliphatic rings. The van der Waals surface area contributed by atoms with E-state index in [2.05, 4.69) is 10.2 Å². The molecule has 0 saturated carbocycles. The molecular weight excluding hydrogens is 319 g/mol. The summed E-state index contributed by atoms with van der Waals surface area (Å²) in [5.74, 6) is -1.77. The summed E-state index contributed by atoms with van der Waals surface area (Å²) >= 11 is 0. The normalized spacial score (nSPS) is 19.2. The van der Waals surface area contributed by atoms with E-state index in [9.17, 15) is 18.0 Å². The molecule has 0 atom stereocenters. The molecule has 3 rings (SSSR count). The molecule has 2 aliphatic heterocycles. The van der Waals surface area contributed by atoms with E-state index in [1.165, 1.54) is 0 Å². The van der Waals surface area contributed by atoms with Gasteiger partial charge in [-0.25, -0.2) is 0 Å². The van der Waals surface area contributed by atoms with E-state index in [0.717, 1.165) is 61.6 Å². The number of nitrogens with one attached hydrogen (secondary N) is 1. The lowest BCUT2D eigenvalue weighted by Gasteiger charge is -2.31. The summed E-state index contributed by atoms with van der Waals surface area (Å²) in [6, 6.07) is 5.49. The van der Waals surface area contributed by atoms with Crippen molar-refractivity contribution >= 4 is 11.6 Å². The fraction of sp³-hybridized carbons (Fsp3) is 0.588. The zero-order valence-corrected chi connectivity index (χ0v) is 13.5. The largest absolute Gasteiger partial charge is 0.471 e. The summed E-state index contributed by atoms with van der Waals surface area (Å²) in [4.78, 5) is 14.8. The molecule has 0 radical (unpaired) electrons. The molecule has 1 amide bonds. The Balaban J connectivity index is 1.69. The molecule has 4 nitrogen and oxygen atoms in total. The van der Waals surface area contributed by atoms with Gasteiger partial charge in [0.25, 0.3) is 0 Å². The molecule has 1 N–H and O–H groups in total. The van der Waals surface area contributed by atoms with Crippen LogP contribution in [0.5, 0.6) is 0 Å². The van der Waals surface area contributed by atoms with Gasteiger partial charge in [-0.05, 0) is 36.5 Å². The number of carbonyl (C=O) groups excluding carboxylic acids is 1. The number of rotatable bonds is 3. The fourth-order valence-corrected chi connectivity index (χ4v) is 3.39. The lowest BCUT2D eigenvalue weighted by atomic mass is 9.98. The maximum absolute atomic E-state index is 12.7. The van der Waals surface area contributed by atoms with Gasteiger partial charge in [0.05, 0.1) is 0 Å². The first-order valence-corrected chi connectivity index (χ1v) is 8.39. The van der Waals surface area contributed by atoms with Crippen molar-refractivity contribution in [3.8, 4) is 0 Å². The van der Waals surface area contributed by atoms with Crippen molar-refractivity contribution in [3.05, 3.63) is 29.3 Å². The van der Waals surface area contributed by atoms with Crippen LogP contribution in [0.1, 0.15) is 17.5 Å². The molecule has 1 fully saturated rings. The molecular formula is C17H22F3N3O. The molecule has 0 aromatic heterocycles. The highest BCUT2D eigenvalue weighted by Crippen LogP contribution is 2.31. The molecule has 0 spiro atoms. The predicted molar refractivity (Wildman–Crippen MR) is 86.2 cm³/mol. The maximum atomic E-state index is 12.7. The van der Waals surface area contributed by atoms with Gasteiger partial charge < -0.3 is 15.1 Å². The number of benzene rings is 1. The minimum absolute atomic E-state index is 0.130. The minimum Gasteiger partial charge on any atom is -0.314 e. The number of hydrogen-bond acceptors (Lipinski definition) is 3. The highest BCUT2D eigenvalue weighted by atomic mass is 19.4. The van der Waals surface area contributed by atoms with Gasteiger partial charge in [-0.1, -0.05) is 12.1 Å². The highest BCUT2D eigenvalue weighted by Gasteiger charge is 2.43. The van der Waals surface area contributed by atoms with Gasteiger partial charge in [-0.2, -0.15) is 13.2 Å². The van der Waals surface area contributed by atoms with Crippen molar-refractivity contribution < 1.29 is 18.0 Å². The zero-order chi connectivity index (χ0) is 17.2. The molecule has 0 unspecified atom stereocenters. The van der Waals surface area contributed by atoms with Gasteiger partial charge in [0.15, 0.2) is 0 Å². The van der Waals surface area contributed by atoms with Crippen molar-refractivity contribution in [3.63, 3.8) is 0 Å². The average molecular weight is 341 g/mol. The van der Waals surface area contributed by atoms with Gasteiger partial charge in [0.1, 0.15) is 0 Å².